The summed E-state index contributed by atoms with van der Waals surface area (Å²) in [6, 6.07) is -1.19. The molecule has 2 aliphatic heterocycles. The van der Waals surface area contributed by atoms with E-state index < -0.39 is 12.1 Å². The zero-order valence-corrected chi connectivity index (χ0v) is 23.7. The van der Waals surface area contributed by atoms with E-state index in [9.17, 15) is 24.0 Å². The Hall–Kier alpha value is -2.65. The van der Waals surface area contributed by atoms with Crippen molar-refractivity contribution >= 4 is 29.5 Å². The lowest BCUT2D eigenvalue weighted by atomic mass is 9.91. The topological polar surface area (TPSA) is 119 Å². The molecule has 5 amide bonds. The molecule has 2 N–H and O–H groups in total. The minimum atomic E-state index is -0.613. The number of amides is 5. The van der Waals surface area contributed by atoms with Gasteiger partial charge in [0.05, 0.1) is 11.8 Å². The number of carbonyl (C=O) groups is 5. The molecule has 0 saturated carbocycles. The van der Waals surface area contributed by atoms with Gasteiger partial charge in [-0.25, -0.2) is 0 Å². The van der Waals surface area contributed by atoms with Crippen LogP contribution in [0.2, 0.25) is 0 Å². The van der Waals surface area contributed by atoms with Crippen molar-refractivity contribution in [2.75, 3.05) is 40.3 Å². The summed E-state index contributed by atoms with van der Waals surface area (Å²) in [5.41, 5.74) is 0. The van der Waals surface area contributed by atoms with E-state index in [0.29, 0.717) is 58.3 Å². The van der Waals surface area contributed by atoms with E-state index in [1.54, 1.807) is 23.9 Å². The first-order chi connectivity index (χ1) is 17.3. The van der Waals surface area contributed by atoms with Crippen LogP contribution in [0.3, 0.4) is 0 Å². The highest BCUT2D eigenvalue weighted by atomic mass is 16.2. The molecule has 2 rings (SSSR count). The number of likely N-dealkylation sites (N-methyl/N-ethyl adjacent to an activating group) is 1. The predicted octanol–water partition coefficient (Wildman–Crippen LogP) is 1.24. The van der Waals surface area contributed by atoms with E-state index in [-0.39, 0.29) is 53.2 Å². The molecule has 10 nitrogen and oxygen atoms in total. The number of hydrogen-bond donors (Lipinski definition) is 2. The van der Waals surface area contributed by atoms with Crippen molar-refractivity contribution in [3.8, 4) is 0 Å². The Bertz CT molecular complexity index is 843. The lowest BCUT2D eigenvalue weighted by Crippen LogP contribution is -2.56. The highest BCUT2D eigenvalue weighted by Crippen LogP contribution is 2.25. The van der Waals surface area contributed by atoms with E-state index in [1.807, 2.05) is 27.7 Å². The molecule has 2 fully saturated rings. The zero-order chi connectivity index (χ0) is 27.9. The van der Waals surface area contributed by atoms with Crippen molar-refractivity contribution in [1.82, 2.24) is 25.3 Å². The lowest BCUT2D eigenvalue weighted by Gasteiger charge is -2.39. The van der Waals surface area contributed by atoms with Gasteiger partial charge >= 0.3 is 0 Å². The molecular weight excluding hydrogens is 474 g/mol. The number of hydrogen-bond acceptors (Lipinski definition) is 5. The average molecular weight is 522 g/mol. The zero-order valence-electron chi connectivity index (χ0n) is 23.7. The van der Waals surface area contributed by atoms with Gasteiger partial charge in [0, 0.05) is 47.2 Å². The second-order valence-electron chi connectivity index (χ2n) is 11.6. The van der Waals surface area contributed by atoms with Crippen LogP contribution >= 0.6 is 0 Å². The van der Waals surface area contributed by atoms with Crippen molar-refractivity contribution in [1.29, 1.82) is 0 Å². The van der Waals surface area contributed by atoms with Crippen LogP contribution in [0.25, 0.3) is 0 Å². The molecule has 0 unspecified atom stereocenters. The lowest BCUT2D eigenvalue weighted by molar-refractivity contribution is -0.145. The number of nitrogens with one attached hydrogen (secondary N) is 2. The fourth-order valence-corrected chi connectivity index (χ4v) is 5.25. The predicted molar refractivity (Wildman–Crippen MR) is 141 cm³/mol. The Morgan fingerprint density at radius 3 is 1.97 bits per heavy atom. The van der Waals surface area contributed by atoms with E-state index in [0.717, 1.165) is 0 Å². The summed E-state index contributed by atoms with van der Waals surface area (Å²) in [5.74, 6) is -1.26. The number of likely N-dealkylation sites (tertiary alicyclic amines) is 2. The van der Waals surface area contributed by atoms with Crippen LogP contribution in [0.1, 0.15) is 66.7 Å². The van der Waals surface area contributed by atoms with Gasteiger partial charge in [0.25, 0.3) is 0 Å². The van der Waals surface area contributed by atoms with Gasteiger partial charge in [0.1, 0.15) is 12.1 Å². The molecule has 10 heteroatoms. The molecule has 4 atom stereocenters. The van der Waals surface area contributed by atoms with Crippen molar-refractivity contribution in [2.45, 2.75) is 78.8 Å². The minimum absolute atomic E-state index is 0.0290. The van der Waals surface area contributed by atoms with Gasteiger partial charge < -0.3 is 25.3 Å². The normalized spacial score (nSPS) is 21.9. The molecule has 0 aromatic rings. The Morgan fingerprint density at radius 2 is 1.43 bits per heavy atom. The molecule has 0 aromatic carbocycles. The molecule has 37 heavy (non-hydrogen) atoms. The van der Waals surface area contributed by atoms with E-state index in [4.69, 9.17) is 0 Å². The number of rotatable bonds is 9. The first-order valence-electron chi connectivity index (χ1n) is 13.7. The highest BCUT2D eigenvalue weighted by molar-refractivity contribution is 5.90. The van der Waals surface area contributed by atoms with Gasteiger partial charge in [-0.15, -0.1) is 0 Å². The van der Waals surface area contributed by atoms with Crippen LogP contribution in [-0.4, -0.2) is 96.6 Å². The summed E-state index contributed by atoms with van der Waals surface area (Å²) >= 11 is 0. The maximum absolute atomic E-state index is 13.5. The van der Waals surface area contributed by atoms with Crippen LogP contribution in [0.5, 0.6) is 0 Å². The second kappa shape index (κ2) is 13.8. The van der Waals surface area contributed by atoms with Gasteiger partial charge in [0.2, 0.25) is 29.5 Å². The monoisotopic (exact) mass is 521 g/mol. The van der Waals surface area contributed by atoms with Crippen molar-refractivity contribution in [3.63, 3.8) is 0 Å². The Balaban J connectivity index is 2.03. The van der Waals surface area contributed by atoms with Gasteiger partial charge in [-0.05, 0) is 43.9 Å². The Labute approximate surface area is 221 Å². The summed E-state index contributed by atoms with van der Waals surface area (Å²) in [7, 11) is 3.36. The largest absolute Gasteiger partial charge is 0.347 e. The standard InChI is InChI=1S/C27H47N5O5/c1-17(2)14-22(26(36)30(6)7)29-24(34)20-10-8-12-31(15-20)25(35)21-11-9-13-32(16-21)27(37)23(18(3)4)28-19(5)33/h17-18,20-23H,8-16H2,1-7H3,(H,28,33)(H,29,34)/t20-,21-,22+,23+/m1/s1. The maximum Gasteiger partial charge on any atom is 0.245 e. The fourth-order valence-electron chi connectivity index (χ4n) is 5.25. The number of nitrogens with zero attached hydrogens (tertiary/aromatic N) is 3. The van der Waals surface area contributed by atoms with Gasteiger partial charge in [-0.2, -0.15) is 0 Å². The van der Waals surface area contributed by atoms with Crippen molar-refractivity contribution in [2.24, 2.45) is 23.7 Å². The summed E-state index contributed by atoms with van der Waals surface area (Å²) in [5, 5.41) is 5.69. The molecule has 210 valence electrons. The maximum atomic E-state index is 13.5. The molecule has 0 spiro atoms. The van der Waals surface area contributed by atoms with Crippen molar-refractivity contribution < 1.29 is 24.0 Å². The van der Waals surface area contributed by atoms with Crippen LogP contribution in [0.15, 0.2) is 0 Å². The molecule has 0 aromatic heterocycles. The average Bonchev–Trinajstić information content (AvgIpc) is 2.85. The minimum Gasteiger partial charge on any atom is -0.347 e. The molecule has 2 aliphatic rings. The highest BCUT2D eigenvalue weighted by Gasteiger charge is 2.37. The molecule has 0 bridgehead atoms. The molecule has 0 radical (unpaired) electrons. The Kier molecular flexibility index (Phi) is 11.4. The van der Waals surface area contributed by atoms with Crippen LogP contribution < -0.4 is 10.6 Å². The summed E-state index contributed by atoms with van der Waals surface area (Å²) in [6.45, 7) is 11.0. The van der Waals surface area contributed by atoms with Crippen LogP contribution in [-0.2, 0) is 24.0 Å². The number of piperidine rings is 2. The van der Waals surface area contributed by atoms with Crippen molar-refractivity contribution in [3.05, 3.63) is 0 Å². The third-order valence-electron chi connectivity index (χ3n) is 7.24. The first kappa shape index (κ1) is 30.6. The first-order valence-corrected chi connectivity index (χ1v) is 13.7. The summed E-state index contributed by atoms with van der Waals surface area (Å²) in [4.78, 5) is 68.9. The fraction of sp³-hybridized carbons (Fsp3) is 0.815. The molecule has 2 heterocycles. The summed E-state index contributed by atoms with van der Waals surface area (Å²) in [6.07, 6.45) is 3.35. The third kappa shape index (κ3) is 8.71. The van der Waals surface area contributed by atoms with Crippen LogP contribution in [0, 0.1) is 23.7 Å². The second-order valence-corrected chi connectivity index (χ2v) is 11.6. The summed E-state index contributed by atoms with van der Waals surface area (Å²) < 4.78 is 0. The smallest absolute Gasteiger partial charge is 0.245 e. The van der Waals surface area contributed by atoms with E-state index in [2.05, 4.69) is 10.6 Å². The quantitative estimate of drug-likeness (QED) is 0.473. The molecule has 0 aliphatic carbocycles. The Morgan fingerprint density at radius 1 is 0.865 bits per heavy atom. The van der Waals surface area contributed by atoms with Crippen LogP contribution in [0.4, 0.5) is 0 Å². The van der Waals surface area contributed by atoms with Gasteiger partial charge in [0.15, 0.2) is 0 Å². The molecular formula is C27H47N5O5. The van der Waals surface area contributed by atoms with E-state index >= 15 is 0 Å². The SMILES string of the molecule is CC(=O)N[C@H](C(=O)N1CCC[C@@H](C(=O)N2CCC[C@@H](C(=O)N[C@@H](CC(C)C)C(=O)N(C)C)C2)C1)C(C)C. The van der Waals surface area contributed by atoms with Gasteiger partial charge in [-0.1, -0.05) is 27.7 Å². The van der Waals surface area contributed by atoms with Gasteiger partial charge in [-0.3, -0.25) is 24.0 Å². The van der Waals surface area contributed by atoms with E-state index in [1.165, 1.54) is 11.8 Å². The molecule has 2 saturated heterocycles. The third-order valence-corrected chi connectivity index (χ3v) is 7.24. The number of carbonyl (C=O) groups excluding carboxylic acids is 5.